The van der Waals surface area contributed by atoms with Gasteiger partial charge in [-0.3, -0.25) is 4.79 Å². The van der Waals surface area contributed by atoms with E-state index in [4.69, 9.17) is 11.6 Å². The zero-order valence-corrected chi connectivity index (χ0v) is 13.9. The number of rotatable bonds is 4. The molecule has 0 bridgehead atoms. The summed E-state index contributed by atoms with van der Waals surface area (Å²) in [7, 11) is 0. The molecule has 2 nitrogen and oxygen atoms in total. The number of amides is 1. The third-order valence-corrected chi connectivity index (χ3v) is 4.57. The topological polar surface area (TPSA) is 29.1 Å². The van der Waals surface area contributed by atoms with Crippen molar-refractivity contribution in [3.05, 3.63) is 57.3 Å². The zero-order chi connectivity index (χ0) is 16.3. The van der Waals surface area contributed by atoms with Gasteiger partial charge in [-0.15, -0.1) is 0 Å². The Morgan fingerprint density at radius 2 is 2.00 bits per heavy atom. The molecule has 2 aromatic carbocycles. The number of carbonyl (C=O) groups excluding carboxylic acids is 1. The van der Waals surface area contributed by atoms with Crippen LogP contribution < -0.4 is 5.32 Å². The Morgan fingerprint density at radius 3 is 2.68 bits per heavy atom. The molecule has 0 aliphatic carbocycles. The normalized spacial score (nSPS) is 10.8. The molecular formula is C14H8BrClF3NOS. The summed E-state index contributed by atoms with van der Waals surface area (Å²) in [5, 5.41) is 2.57. The lowest BCUT2D eigenvalue weighted by Crippen LogP contribution is -2.13. The molecule has 0 radical (unpaired) electrons. The highest BCUT2D eigenvalue weighted by atomic mass is 79.9. The van der Waals surface area contributed by atoms with Crippen LogP contribution in [0.5, 0.6) is 0 Å². The lowest BCUT2D eigenvalue weighted by atomic mass is 10.2. The number of anilines is 1. The standard InChI is InChI=1S/C14H8BrClF3NOS/c15-9-5-4-7(17)6-8(9)13(21)20-11-3-1-2-10(16)12(11)22-14(18)19/h1-6,14H,(H,20,21). The highest BCUT2D eigenvalue weighted by Crippen LogP contribution is 2.38. The maximum absolute atomic E-state index is 13.2. The van der Waals surface area contributed by atoms with Crippen LogP contribution in [0.2, 0.25) is 5.02 Å². The van der Waals surface area contributed by atoms with Crippen LogP contribution in [0.15, 0.2) is 45.8 Å². The lowest BCUT2D eigenvalue weighted by Gasteiger charge is -2.12. The van der Waals surface area contributed by atoms with Crippen molar-refractivity contribution in [3.8, 4) is 0 Å². The molecule has 0 heterocycles. The van der Waals surface area contributed by atoms with E-state index in [0.717, 1.165) is 6.07 Å². The van der Waals surface area contributed by atoms with E-state index >= 15 is 0 Å². The minimum Gasteiger partial charge on any atom is -0.321 e. The van der Waals surface area contributed by atoms with Crippen LogP contribution in [-0.2, 0) is 0 Å². The van der Waals surface area contributed by atoms with Gasteiger partial charge in [0, 0.05) is 4.47 Å². The van der Waals surface area contributed by atoms with Crippen molar-refractivity contribution in [3.63, 3.8) is 0 Å². The van der Waals surface area contributed by atoms with Crippen LogP contribution >= 0.6 is 39.3 Å². The second kappa shape index (κ2) is 7.39. The number of hydrogen-bond acceptors (Lipinski definition) is 2. The fourth-order valence-corrected chi connectivity index (χ4v) is 3.02. The first-order chi connectivity index (χ1) is 10.4. The van der Waals surface area contributed by atoms with Crippen LogP contribution in [0.1, 0.15) is 10.4 Å². The monoisotopic (exact) mass is 409 g/mol. The summed E-state index contributed by atoms with van der Waals surface area (Å²) >= 11 is 9.25. The summed E-state index contributed by atoms with van der Waals surface area (Å²) in [6.07, 6.45) is 0. The van der Waals surface area contributed by atoms with Gasteiger partial charge in [0.05, 0.1) is 21.2 Å². The Labute approximate surface area is 142 Å². The van der Waals surface area contributed by atoms with Crippen molar-refractivity contribution in [2.45, 2.75) is 10.7 Å². The molecule has 1 amide bonds. The van der Waals surface area contributed by atoms with Gasteiger partial charge in [0.25, 0.3) is 11.7 Å². The van der Waals surface area contributed by atoms with Gasteiger partial charge in [0.15, 0.2) is 0 Å². The minimum absolute atomic E-state index is 0.0490. The molecule has 0 aliphatic rings. The smallest absolute Gasteiger partial charge is 0.289 e. The highest BCUT2D eigenvalue weighted by Gasteiger charge is 2.17. The molecule has 0 saturated heterocycles. The van der Waals surface area contributed by atoms with E-state index < -0.39 is 17.5 Å². The number of halogens is 5. The molecule has 0 unspecified atom stereocenters. The molecule has 0 saturated carbocycles. The average Bonchev–Trinajstić information content (AvgIpc) is 2.45. The highest BCUT2D eigenvalue weighted by molar-refractivity contribution is 9.10. The Balaban J connectivity index is 2.32. The Kier molecular flexibility index (Phi) is 5.77. The van der Waals surface area contributed by atoms with Crippen LogP contribution in [0.25, 0.3) is 0 Å². The number of carbonyl (C=O) groups is 1. The molecule has 2 rings (SSSR count). The van der Waals surface area contributed by atoms with Gasteiger partial charge in [-0.05, 0) is 46.3 Å². The second-order valence-corrected chi connectivity index (χ2v) is 6.34. The number of nitrogens with one attached hydrogen (secondary N) is 1. The van der Waals surface area contributed by atoms with Crippen molar-refractivity contribution in [2.24, 2.45) is 0 Å². The van der Waals surface area contributed by atoms with Gasteiger partial charge in [-0.2, -0.15) is 8.78 Å². The second-order valence-electron chi connectivity index (χ2n) is 4.07. The summed E-state index contributed by atoms with van der Waals surface area (Å²) in [6.45, 7) is 0. The van der Waals surface area contributed by atoms with Crippen molar-refractivity contribution < 1.29 is 18.0 Å². The predicted molar refractivity (Wildman–Crippen MR) is 85.4 cm³/mol. The zero-order valence-electron chi connectivity index (χ0n) is 10.7. The van der Waals surface area contributed by atoms with E-state index in [1.807, 2.05) is 0 Å². The third-order valence-electron chi connectivity index (χ3n) is 2.60. The molecule has 8 heteroatoms. The molecule has 0 aromatic heterocycles. The summed E-state index contributed by atoms with van der Waals surface area (Å²) in [5.74, 6) is -3.90. The van der Waals surface area contributed by atoms with Crippen LogP contribution in [-0.4, -0.2) is 11.7 Å². The number of benzene rings is 2. The van der Waals surface area contributed by atoms with E-state index in [0.29, 0.717) is 4.47 Å². The largest absolute Gasteiger partial charge is 0.321 e. The van der Waals surface area contributed by atoms with Crippen molar-refractivity contribution in [2.75, 3.05) is 5.32 Å². The lowest BCUT2D eigenvalue weighted by molar-refractivity contribution is 0.102. The fourth-order valence-electron chi connectivity index (χ4n) is 1.68. The Hall–Kier alpha value is -1.18. The van der Waals surface area contributed by atoms with Crippen LogP contribution in [0.4, 0.5) is 18.9 Å². The molecule has 0 spiro atoms. The van der Waals surface area contributed by atoms with Crippen molar-refractivity contribution >= 4 is 50.9 Å². The first-order valence-electron chi connectivity index (χ1n) is 5.88. The molecule has 0 fully saturated rings. The molecule has 0 aliphatic heterocycles. The van der Waals surface area contributed by atoms with E-state index in [9.17, 15) is 18.0 Å². The van der Waals surface area contributed by atoms with E-state index in [2.05, 4.69) is 21.2 Å². The summed E-state index contributed by atoms with van der Waals surface area (Å²) in [5.41, 5.74) is 0.187. The quantitative estimate of drug-likeness (QED) is 0.645. The molecular weight excluding hydrogens is 403 g/mol. The SMILES string of the molecule is O=C(Nc1cccc(Cl)c1SC(F)F)c1cc(F)ccc1Br. The molecule has 1 N–H and O–H groups in total. The Morgan fingerprint density at radius 1 is 1.27 bits per heavy atom. The van der Waals surface area contributed by atoms with Gasteiger partial charge in [0.1, 0.15) is 5.82 Å². The average molecular weight is 411 g/mol. The first kappa shape index (κ1) is 17.2. The van der Waals surface area contributed by atoms with Gasteiger partial charge in [-0.1, -0.05) is 29.4 Å². The molecule has 116 valence electrons. The van der Waals surface area contributed by atoms with Crippen LogP contribution in [0, 0.1) is 5.82 Å². The summed E-state index contributed by atoms with van der Waals surface area (Å²) in [4.78, 5) is 12.2. The minimum atomic E-state index is -2.68. The van der Waals surface area contributed by atoms with Gasteiger partial charge in [-0.25, -0.2) is 4.39 Å². The van der Waals surface area contributed by atoms with Gasteiger partial charge < -0.3 is 5.32 Å². The summed E-state index contributed by atoms with van der Waals surface area (Å²) in [6, 6.07) is 8.04. The first-order valence-corrected chi connectivity index (χ1v) is 7.93. The van der Waals surface area contributed by atoms with Crippen molar-refractivity contribution in [1.82, 2.24) is 0 Å². The number of hydrogen-bond donors (Lipinski definition) is 1. The van der Waals surface area contributed by atoms with E-state index in [1.54, 1.807) is 0 Å². The number of alkyl halides is 2. The molecule has 2 aromatic rings. The fraction of sp³-hybridized carbons (Fsp3) is 0.0714. The van der Waals surface area contributed by atoms with Gasteiger partial charge in [0.2, 0.25) is 0 Å². The predicted octanol–water partition coefficient (Wildman–Crippen LogP) is 5.81. The van der Waals surface area contributed by atoms with E-state index in [1.165, 1.54) is 30.3 Å². The van der Waals surface area contributed by atoms with Gasteiger partial charge >= 0.3 is 0 Å². The molecule has 22 heavy (non-hydrogen) atoms. The molecule has 0 atom stereocenters. The number of thioether (sulfide) groups is 1. The third kappa shape index (κ3) is 4.18. The maximum atomic E-state index is 13.2. The Bertz CT molecular complexity index is 714. The van der Waals surface area contributed by atoms with E-state index in [-0.39, 0.29) is 32.9 Å². The van der Waals surface area contributed by atoms with Crippen molar-refractivity contribution in [1.29, 1.82) is 0 Å². The maximum Gasteiger partial charge on any atom is 0.289 e. The van der Waals surface area contributed by atoms with Crippen LogP contribution in [0.3, 0.4) is 0 Å². The summed E-state index contributed by atoms with van der Waals surface area (Å²) < 4.78 is 38.8.